The summed E-state index contributed by atoms with van der Waals surface area (Å²) < 4.78 is 5.87. The second kappa shape index (κ2) is 5.56. The van der Waals surface area contributed by atoms with Crippen LogP contribution in [0.1, 0.15) is 37.8 Å². The topological polar surface area (TPSA) is 70.0 Å². The Bertz CT molecular complexity index is 584. The van der Waals surface area contributed by atoms with Gasteiger partial charge in [-0.25, -0.2) is 0 Å². The molecule has 0 spiro atoms. The van der Waals surface area contributed by atoms with Gasteiger partial charge in [-0.3, -0.25) is 9.69 Å². The quantitative estimate of drug-likeness (QED) is 0.891. The Hall–Kier alpha value is -1.59. The van der Waals surface area contributed by atoms with Gasteiger partial charge in [-0.1, -0.05) is 12.1 Å². The molecule has 0 unspecified atom stereocenters. The van der Waals surface area contributed by atoms with E-state index in [0.717, 1.165) is 17.7 Å². The third kappa shape index (κ3) is 3.10. The van der Waals surface area contributed by atoms with Crippen molar-refractivity contribution >= 4 is 5.97 Å². The Kier molecular flexibility index (Phi) is 3.87. The summed E-state index contributed by atoms with van der Waals surface area (Å²) >= 11 is 0. The summed E-state index contributed by atoms with van der Waals surface area (Å²) in [5.74, 6) is 0.0713. The lowest BCUT2D eigenvalue weighted by atomic mass is 9.97. The van der Waals surface area contributed by atoms with Gasteiger partial charge in [0.15, 0.2) is 0 Å². The Morgan fingerprint density at radius 3 is 2.95 bits per heavy atom. The monoisotopic (exact) mass is 305 g/mol. The number of aliphatic carboxylic acids is 1. The number of piperidine rings is 1. The predicted molar refractivity (Wildman–Crippen MR) is 81.9 cm³/mol. The zero-order chi connectivity index (χ0) is 15.9. The van der Waals surface area contributed by atoms with E-state index in [2.05, 4.69) is 19.9 Å². The number of benzene rings is 1. The molecule has 0 radical (unpaired) electrons. The van der Waals surface area contributed by atoms with Crippen molar-refractivity contribution < 1.29 is 19.7 Å². The number of rotatable bonds is 3. The number of aliphatic hydroxyl groups is 1. The molecule has 0 amide bonds. The maximum absolute atomic E-state index is 11.4. The Morgan fingerprint density at radius 2 is 2.23 bits per heavy atom. The largest absolute Gasteiger partial charge is 0.487 e. The van der Waals surface area contributed by atoms with Gasteiger partial charge in [-0.05, 0) is 43.9 Å². The fourth-order valence-corrected chi connectivity index (χ4v) is 3.44. The maximum atomic E-state index is 11.4. The van der Waals surface area contributed by atoms with Crippen LogP contribution in [0.2, 0.25) is 0 Å². The summed E-state index contributed by atoms with van der Waals surface area (Å²) in [6, 6.07) is 5.50. The normalized spacial score (nSPS) is 27.2. The SMILES string of the molecule is CC1(C)Cc2cc(CN3CC[C@H](O)C[C@@H]3C(=O)O)ccc2O1. The van der Waals surface area contributed by atoms with Crippen LogP contribution in [0.25, 0.3) is 0 Å². The molecule has 5 heteroatoms. The molecular weight excluding hydrogens is 282 g/mol. The predicted octanol–water partition coefficient (Wildman–Crippen LogP) is 1.81. The molecule has 0 saturated carbocycles. The molecule has 22 heavy (non-hydrogen) atoms. The van der Waals surface area contributed by atoms with Crippen LogP contribution in [0, 0.1) is 0 Å². The van der Waals surface area contributed by atoms with E-state index in [9.17, 15) is 15.0 Å². The molecule has 1 saturated heterocycles. The van der Waals surface area contributed by atoms with E-state index in [0.29, 0.717) is 25.9 Å². The number of carboxylic acid groups (broad SMARTS) is 1. The van der Waals surface area contributed by atoms with Crippen LogP contribution < -0.4 is 4.74 Å². The first-order valence-corrected chi connectivity index (χ1v) is 7.80. The zero-order valence-corrected chi connectivity index (χ0v) is 13.1. The molecule has 2 N–H and O–H groups in total. The Morgan fingerprint density at radius 1 is 1.45 bits per heavy atom. The van der Waals surface area contributed by atoms with Crippen LogP contribution in [0.3, 0.4) is 0 Å². The Labute approximate surface area is 130 Å². The van der Waals surface area contributed by atoms with Crippen molar-refractivity contribution in [3.05, 3.63) is 29.3 Å². The van der Waals surface area contributed by atoms with Gasteiger partial charge in [0.2, 0.25) is 0 Å². The second-order valence-corrected chi connectivity index (χ2v) is 6.98. The lowest BCUT2D eigenvalue weighted by Crippen LogP contribution is -2.48. The van der Waals surface area contributed by atoms with Gasteiger partial charge in [-0.2, -0.15) is 0 Å². The fourth-order valence-electron chi connectivity index (χ4n) is 3.44. The van der Waals surface area contributed by atoms with Crippen molar-refractivity contribution in [3.8, 4) is 5.75 Å². The summed E-state index contributed by atoms with van der Waals surface area (Å²) in [5, 5.41) is 19.0. The van der Waals surface area contributed by atoms with Crippen LogP contribution in [0.5, 0.6) is 5.75 Å². The molecule has 1 fully saturated rings. The van der Waals surface area contributed by atoms with Crippen molar-refractivity contribution in [2.45, 2.75) is 57.4 Å². The molecular formula is C17H23NO4. The van der Waals surface area contributed by atoms with Crippen LogP contribution in [0.15, 0.2) is 18.2 Å². The van der Waals surface area contributed by atoms with Gasteiger partial charge >= 0.3 is 5.97 Å². The first-order chi connectivity index (χ1) is 10.3. The number of carbonyl (C=O) groups is 1. The van der Waals surface area contributed by atoms with E-state index >= 15 is 0 Å². The number of hydrogen-bond donors (Lipinski definition) is 2. The van der Waals surface area contributed by atoms with Gasteiger partial charge in [0.1, 0.15) is 17.4 Å². The van der Waals surface area contributed by atoms with E-state index < -0.39 is 18.1 Å². The highest BCUT2D eigenvalue weighted by Crippen LogP contribution is 2.35. The molecule has 2 atom stereocenters. The standard InChI is InChI=1S/C17H23NO4/c1-17(2)9-12-7-11(3-4-15(12)22-17)10-18-6-5-13(19)8-14(18)16(20)21/h3-4,7,13-14,19H,5-6,8-10H2,1-2H3,(H,20,21)/t13-,14+/m0/s1. The van der Waals surface area contributed by atoms with Crippen molar-refractivity contribution in [3.63, 3.8) is 0 Å². The minimum absolute atomic E-state index is 0.167. The second-order valence-electron chi connectivity index (χ2n) is 6.98. The summed E-state index contributed by atoms with van der Waals surface area (Å²) in [6.45, 7) is 5.34. The van der Waals surface area contributed by atoms with Crippen molar-refractivity contribution in [1.82, 2.24) is 4.90 Å². The minimum Gasteiger partial charge on any atom is -0.487 e. The average Bonchev–Trinajstić information content (AvgIpc) is 2.73. The first-order valence-electron chi connectivity index (χ1n) is 7.80. The van der Waals surface area contributed by atoms with E-state index in [4.69, 9.17) is 4.74 Å². The van der Waals surface area contributed by atoms with Crippen LogP contribution in [-0.2, 0) is 17.8 Å². The molecule has 2 aliphatic rings. The van der Waals surface area contributed by atoms with Gasteiger partial charge in [-0.15, -0.1) is 0 Å². The molecule has 120 valence electrons. The first kappa shape index (κ1) is 15.3. The van der Waals surface area contributed by atoms with E-state index in [-0.39, 0.29) is 5.60 Å². The van der Waals surface area contributed by atoms with Gasteiger partial charge in [0.05, 0.1) is 6.10 Å². The molecule has 5 nitrogen and oxygen atoms in total. The summed E-state index contributed by atoms with van der Waals surface area (Å²) in [4.78, 5) is 13.3. The Balaban J connectivity index is 1.75. The lowest BCUT2D eigenvalue weighted by Gasteiger charge is -2.35. The van der Waals surface area contributed by atoms with E-state index in [1.807, 2.05) is 17.0 Å². The van der Waals surface area contributed by atoms with Gasteiger partial charge < -0.3 is 14.9 Å². The number of aliphatic hydroxyl groups excluding tert-OH is 1. The number of ether oxygens (including phenoxy) is 1. The van der Waals surface area contributed by atoms with Crippen molar-refractivity contribution in [2.24, 2.45) is 0 Å². The molecule has 0 aliphatic carbocycles. The summed E-state index contributed by atoms with van der Waals surface area (Å²) in [7, 11) is 0. The molecule has 1 aromatic carbocycles. The molecule has 0 aromatic heterocycles. The zero-order valence-electron chi connectivity index (χ0n) is 13.1. The number of hydrogen-bond acceptors (Lipinski definition) is 4. The number of fused-ring (bicyclic) bond motifs is 1. The molecule has 2 heterocycles. The average molecular weight is 305 g/mol. The number of nitrogens with zero attached hydrogens (tertiary/aromatic N) is 1. The molecule has 2 aliphatic heterocycles. The van der Waals surface area contributed by atoms with Crippen molar-refractivity contribution in [1.29, 1.82) is 0 Å². The lowest BCUT2D eigenvalue weighted by molar-refractivity contribution is -0.146. The highest BCUT2D eigenvalue weighted by Gasteiger charge is 2.33. The van der Waals surface area contributed by atoms with Crippen LogP contribution >= 0.6 is 0 Å². The van der Waals surface area contributed by atoms with Crippen LogP contribution in [0.4, 0.5) is 0 Å². The fraction of sp³-hybridized carbons (Fsp3) is 0.588. The maximum Gasteiger partial charge on any atom is 0.321 e. The molecule has 1 aromatic rings. The van der Waals surface area contributed by atoms with Crippen molar-refractivity contribution in [2.75, 3.05) is 6.54 Å². The highest BCUT2D eigenvalue weighted by atomic mass is 16.5. The van der Waals surface area contributed by atoms with Gasteiger partial charge in [0.25, 0.3) is 0 Å². The number of carboxylic acids is 1. The van der Waals surface area contributed by atoms with Gasteiger partial charge in [0, 0.05) is 19.5 Å². The van der Waals surface area contributed by atoms with E-state index in [1.54, 1.807) is 0 Å². The smallest absolute Gasteiger partial charge is 0.321 e. The molecule has 0 bridgehead atoms. The summed E-state index contributed by atoms with van der Waals surface area (Å²) in [6.07, 6.45) is 1.30. The minimum atomic E-state index is -0.857. The third-order valence-corrected chi connectivity index (χ3v) is 4.48. The third-order valence-electron chi connectivity index (χ3n) is 4.48. The highest BCUT2D eigenvalue weighted by molar-refractivity contribution is 5.73. The van der Waals surface area contributed by atoms with Crippen LogP contribution in [-0.4, -0.2) is 45.4 Å². The summed E-state index contributed by atoms with van der Waals surface area (Å²) in [5.41, 5.74) is 2.12. The molecule has 3 rings (SSSR count). The van der Waals surface area contributed by atoms with E-state index in [1.165, 1.54) is 5.56 Å². The number of likely N-dealkylation sites (tertiary alicyclic amines) is 1.